The number of carboxylic acid groups (broad SMARTS) is 2. The Morgan fingerprint density at radius 3 is 1.23 bits per heavy atom. The first-order chi connectivity index (χ1) is 20.5. The molecule has 6 bridgehead atoms. The first-order valence-corrected chi connectivity index (χ1v) is 15.5. The first-order valence-electron chi connectivity index (χ1n) is 15.5. The Balaban J connectivity index is 0.000000339. The summed E-state index contributed by atoms with van der Waals surface area (Å²) < 4.78 is 9.65. The molecule has 10 heteroatoms. The molecule has 3 saturated carbocycles. The van der Waals surface area contributed by atoms with Crippen molar-refractivity contribution in [1.29, 1.82) is 0 Å². The van der Waals surface area contributed by atoms with Crippen molar-refractivity contribution in [3.8, 4) is 0 Å². The number of carbonyl (C=O) groups excluding carboxylic acids is 4. The van der Waals surface area contributed by atoms with Crippen molar-refractivity contribution in [2.24, 2.45) is 71.0 Å². The van der Waals surface area contributed by atoms with E-state index >= 15 is 0 Å². The highest BCUT2D eigenvalue weighted by molar-refractivity contribution is 5.97. The number of rotatable bonds is 5. The lowest BCUT2D eigenvalue weighted by Crippen LogP contribution is -2.45. The molecular formula is C37H56O10. The molecule has 0 amide bonds. The third kappa shape index (κ3) is 7.95. The molecule has 12 atom stereocenters. The summed E-state index contributed by atoms with van der Waals surface area (Å²) in [6.45, 7) is 3.56. The molecular weight excluding hydrogens is 604 g/mol. The molecule has 9 aliphatic carbocycles. The number of hydrogen-bond donors (Lipinski definition) is 2. The Kier molecular flexibility index (Phi) is 15.0. The lowest BCUT2D eigenvalue weighted by molar-refractivity contribution is -0.163. The fourth-order valence-electron chi connectivity index (χ4n) is 8.65. The molecule has 1 saturated heterocycles. The van der Waals surface area contributed by atoms with Gasteiger partial charge in [0, 0.05) is 5.92 Å². The van der Waals surface area contributed by atoms with E-state index in [1.165, 1.54) is 6.92 Å². The van der Waals surface area contributed by atoms with E-state index in [0.29, 0.717) is 6.61 Å². The van der Waals surface area contributed by atoms with Crippen LogP contribution in [0, 0.1) is 71.0 Å². The number of fused-ring (bicyclic) bond motifs is 5. The van der Waals surface area contributed by atoms with Crippen molar-refractivity contribution < 1.29 is 48.5 Å². The highest BCUT2D eigenvalue weighted by Gasteiger charge is 2.55. The molecule has 1 heterocycles. The highest BCUT2D eigenvalue weighted by atomic mass is 16.6. The van der Waals surface area contributed by atoms with E-state index in [2.05, 4.69) is 16.9 Å². The molecule has 6 unspecified atom stereocenters. The number of ether oxygens (including phenoxy) is 2. The predicted octanol–water partition coefficient (Wildman–Crippen LogP) is 6.39. The van der Waals surface area contributed by atoms with Crippen molar-refractivity contribution in [1.82, 2.24) is 0 Å². The van der Waals surface area contributed by atoms with Gasteiger partial charge < -0.3 is 19.7 Å². The summed E-state index contributed by atoms with van der Waals surface area (Å²) in [6, 6.07) is 0. The topological polar surface area (TPSA) is 161 Å². The molecule has 0 aromatic carbocycles. The number of hydrogen-bond acceptors (Lipinski definition) is 8. The molecule has 10 aliphatic rings. The van der Waals surface area contributed by atoms with Gasteiger partial charge in [-0.25, -0.2) is 0 Å². The van der Waals surface area contributed by atoms with Crippen LogP contribution < -0.4 is 0 Å². The van der Waals surface area contributed by atoms with E-state index in [1.807, 2.05) is 24.3 Å². The normalized spacial score (nSPS) is 37.0. The number of allylic oxidation sites excluding steroid dienone is 6. The Labute approximate surface area is 280 Å². The standard InChI is InChI=1S/C12H16O4.C11H14O3.C10H10O3.4CH4/c1-2-16-12(15)10-8-5-3-7(4-6-8)9(10)11(13)14;1-6(12)9-7-2-4-8(5-3-7)10(9)11(13)14;11-9-7-5-1-2-6(4-3-5)8(7)10(12)13-9;;;;/h3,5,7-10H,2,4,6H2,1H3,(H,13,14);2,4,7-10H,3,5H2,1H3,(H,13,14);1-2,5-8H,3-4H2;4*1H4/t;7-,8+,9+,10+;5?,6?,7-,8+;;;;/m.1...../s1. The third-order valence-corrected chi connectivity index (χ3v) is 10.6. The number of cyclic esters (lactones) is 2. The van der Waals surface area contributed by atoms with Crippen molar-refractivity contribution in [2.45, 2.75) is 82.1 Å². The van der Waals surface area contributed by atoms with Crippen LogP contribution in [0.3, 0.4) is 0 Å². The third-order valence-electron chi connectivity index (χ3n) is 10.6. The first kappa shape index (κ1) is 41.5. The lowest BCUT2D eigenvalue weighted by atomic mass is 9.61. The summed E-state index contributed by atoms with van der Waals surface area (Å²) in [6.07, 6.45) is 17.8. The predicted molar refractivity (Wildman–Crippen MR) is 178 cm³/mol. The van der Waals surface area contributed by atoms with Gasteiger partial charge in [-0.2, -0.15) is 0 Å². The van der Waals surface area contributed by atoms with Gasteiger partial charge in [0.1, 0.15) is 5.78 Å². The molecule has 0 spiro atoms. The molecule has 0 radical (unpaired) electrons. The van der Waals surface area contributed by atoms with Crippen LogP contribution in [0.15, 0.2) is 36.5 Å². The van der Waals surface area contributed by atoms with Gasteiger partial charge in [-0.1, -0.05) is 66.2 Å². The zero-order valence-electron chi connectivity index (χ0n) is 24.5. The maximum atomic E-state index is 11.8. The molecule has 1 aliphatic heterocycles. The lowest BCUT2D eigenvalue weighted by Gasteiger charge is -2.41. The maximum absolute atomic E-state index is 11.8. The minimum atomic E-state index is -0.878. The molecule has 264 valence electrons. The van der Waals surface area contributed by atoms with Crippen LogP contribution in [0.25, 0.3) is 0 Å². The molecule has 10 nitrogen and oxygen atoms in total. The number of ketones is 1. The molecule has 10 rings (SSSR count). The van der Waals surface area contributed by atoms with Crippen LogP contribution in [0.5, 0.6) is 0 Å². The SMILES string of the molecule is C.C.C.C.CC(=O)[C@@H]1[C@@H](C(=O)O)[C@H]2C=C[C@@H]1CC2.CCOC(=O)C1C2C=CC(CC2)C1C(=O)O.O=C1OC(=O)[C@H]2C3C=CC(CC3)[C@@H]12. The maximum Gasteiger partial charge on any atom is 0.318 e. The van der Waals surface area contributed by atoms with E-state index in [4.69, 9.17) is 9.84 Å². The Morgan fingerprint density at radius 2 is 0.936 bits per heavy atom. The van der Waals surface area contributed by atoms with E-state index in [9.17, 15) is 33.9 Å². The summed E-state index contributed by atoms with van der Waals surface area (Å²) in [4.78, 5) is 68.1. The molecule has 47 heavy (non-hydrogen) atoms. The summed E-state index contributed by atoms with van der Waals surface area (Å²) in [7, 11) is 0. The molecule has 4 fully saturated rings. The average Bonchev–Trinajstić information content (AvgIpc) is 3.34. The van der Waals surface area contributed by atoms with Crippen LogP contribution in [-0.4, -0.2) is 52.4 Å². The van der Waals surface area contributed by atoms with Crippen LogP contribution in [0.4, 0.5) is 0 Å². The number of esters is 3. The quantitative estimate of drug-likeness (QED) is 0.192. The van der Waals surface area contributed by atoms with Gasteiger partial charge in [-0.05, 0) is 87.9 Å². The number of carboxylic acids is 2. The van der Waals surface area contributed by atoms with Crippen molar-refractivity contribution in [3.05, 3.63) is 36.5 Å². The fourth-order valence-corrected chi connectivity index (χ4v) is 8.65. The largest absolute Gasteiger partial charge is 0.481 e. The van der Waals surface area contributed by atoms with Crippen molar-refractivity contribution in [3.63, 3.8) is 0 Å². The minimum Gasteiger partial charge on any atom is -0.481 e. The van der Waals surface area contributed by atoms with Gasteiger partial charge in [-0.3, -0.25) is 28.8 Å². The van der Waals surface area contributed by atoms with Crippen molar-refractivity contribution in [2.75, 3.05) is 6.61 Å². The van der Waals surface area contributed by atoms with Gasteiger partial charge in [0.15, 0.2) is 0 Å². The average molecular weight is 661 g/mol. The van der Waals surface area contributed by atoms with Crippen molar-refractivity contribution >= 4 is 35.6 Å². The van der Waals surface area contributed by atoms with Crippen LogP contribution in [0.2, 0.25) is 0 Å². The van der Waals surface area contributed by atoms with Gasteiger partial charge in [-0.15, -0.1) is 0 Å². The molecule has 2 N–H and O–H groups in total. The van der Waals surface area contributed by atoms with Gasteiger partial charge in [0.25, 0.3) is 0 Å². The summed E-state index contributed by atoms with van der Waals surface area (Å²) in [5.74, 6) is -3.96. The van der Waals surface area contributed by atoms with E-state index in [1.54, 1.807) is 6.92 Å². The number of aliphatic carboxylic acids is 2. The smallest absolute Gasteiger partial charge is 0.318 e. The fraction of sp³-hybridized carbons (Fsp3) is 0.676. The van der Waals surface area contributed by atoms with E-state index < -0.39 is 29.7 Å². The summed E-state index contributed by atoms with van der Waals surface area (Å²) >= 11 is 0. The Morgan fingerprint density at radius 1 is 0.617 bits per heavy atom. The number of Topliss-reactive ketones (excluding diaryl/α,β-unsaturated/α-hetero) is 1. The summed E-state index contributed by atoms with van der Waals surface area (Å²) in [5.41, 5.74) is 0. The Bertz CT molecular complexity index is 1200. The van der Waals surface area contributed by atoms with Crippen LogP contribution in [-0.2, 0) is 38.2 Å². The van der Waals surface area contributed by atoms with Gasteiger partial charge >= 0.3 is 29.8 Å². The second kappa shape index (κ2) is 17.0. The van der Waals surface area contributed by atoms with E-state index in [0.717, 1.165) is 38.5 Å². The minimum absolute atomic E-state index is 0. The van der Waals surface area contributed by atoms with Gasteiger partial charge in [0.05, 0.1) is 36.2 Å². The highest BCUT2D eigenvalue weighted by Crippen LogP contribution is 2.49. The second-order valence-corrected chi connectivity index (χ2v) is 12.8. The molecule has 0 aromatic rings. The van der Waals surface area contributed by atoms with E-state index in [-0.39, 0.29) is 107 Å². The van der Waals surface area contributed by atoms with Gasteiger partial charge in [0.2, 0.25) is 0 Å². The zero-order valence-corrected chi connectivity index (χ0v) is 24.5. The monoisotopic (exact) mass is 660 g/mol. The summed E-state index contributed by atoms with van der Waals surface area (Å²) in [5, 5.41) is 18.3. The second-order valence-electron chi connectivity index (χ2n) is 12.8. The Hall–Kier alpha value is -3.56. The van der Waals surface area contributed by atoms with Crippen LogP contribution in [0.1, 0.15) is 82.1 Å². The van der Waals surface area contributed by atoms with Crippen LogP contribution >= 0.6 is 0 Å². The molecule has 0 aromatic heterocycles. The number of carbonyl (C=O) groups is 6. The zero-order chi connectivity index (χ0) is 31.0.